The molecule has 2 aromatic rings. The second-order valence-electron chi connectivity index (χ2n) is 8.02. The maximum Gasteiger partial charge on any atom is 0.407 e. The number of halogens is 3. The fourth-order valence-corrected chi connectivity index (χ4v) is 4.46. The molecule has 0 aliphatic heterocycles. The van der Waals surface area contributed by atoms with Crippen LogP contribution in [0.1, 0.15) is 29.9 Å². The fraction of sp³-hybridized carbons (Fsp3) is 0.375. The number of fused-ring (bicyclic) bond motifs is 3. The van der Waals surface area contributed by atoms with Gasteiger partial charge in [-0.1, -0.05) is 48.5 Å². The third-order valence-electron chi connectivity index (χ3n) is 5.61. The standard InChI is InChI=1S/C24H25F3N2O5S/c1-35-11-10-19(22(31)32)28-21(30)20(12-24(25,26)27)29-23(33)34-13-18-16-8-4-2-6-14(16)15-7-3-5-9-17(15)18/h2-9,18-20H,10-13H2,1H3,(H,28,30)(H,29,33)(H,31,32). The van der Waals surface area contributed by atoms with Crippen LogP contribution >= 0.6 is 11.8 Å². The molecule has 2 aromatic carbocycles. The lowest BCUT2D eigenvalue weighted by Gasteiger charge is -2.22. The topological polar surface area (TPSA) is 105 Å². The minimum absolute atomic E-state index is 0.0198. The number of carboxylic acids is 1. The first kappa shape index (κ1) is 26.4. The molecule has 0 radical (unpaired) electrons. The van der Waals surface area contributed by atoms with Gasteiger partial charge in [-0.05, 0) is 40.7 Å². The summed E-state index contributed by atoms with van der Waals surface area (Å²) < 4.78 is 44.5. The molecule has 35 heavy (non-hydrogen) atoms. The van der Waals surface area contributed by atoms with Crippen molar-refractivity contribution in [2.24, 2.45) is 0 Å². The Hall–Kier alpha value is -3.21. The number of carbonyl (C=O) groups excluding carboxylic acids is 2. The maximum absolute atomic E-state index is 13.1. The van der Waals surface area contributed by atoms with Crippen LogP contribution in [0.3, 0.4) is 0 Å². The second-order valence-corrected chi connectivity index (χ2v) is 9.01. The van der Waals surface area contributed by atoms with E-state index in [9.17, 15) is 32.7 Å². The number of nitrogens with one attached hydrogen (secondary N) is 2. The normalized spacial score (nSPS) is 14.4. The number of hydrogen-bond donors (Lipinski definition) is 3. The minimum Gasteiger partial charge on any atom is -0.480 e. The van der Waals surface area contributed by atoms with Crippen molar-refractivity contribution in [2.75, 3.05) is 18.6 Å². The van der Waals surface area contributed by atoms with Crippen molar-refractivity contribution in [3.05, 3.63) is 59.7 Å². The monoisotopic (exact) mass is 510 g/mol. The van der Waals surface area contributed by atoms with Gasteiger partial charge in [0.05, 0.1) is 6.42 Å². The molecule has 11 heteroatoms. The van der Waals surface area contributed by atoms with E-state index < -0.39 is 42.7 Å². The number of ether oxygens (including phenoxy) is 1. The zero-order valence-electron chi connectivity index (χ0n) is 18.8. The fourth-order valence-electron chi connectivity index (χ4n) is 3.99. The van der Waals surface area contributed by atoms with Crippen LogP contribution in [0.2, 0.25) is 0 Å². The smallest absolute Gasteiger partial charge is 0.407 e. The lowest BCUT2D eigenvalue weighted by atomic mass is 9.98. The van der Waals surface area contributed by atoms with E-state index in [0.717, 1.165) is 22.3 Å². The van der Waals surface area contributed by atoms with E-state index in [2.05, 4.69) is 5.32 Å². The summed E-state index contributed by atoms with van der Waals surface area (Å²) in [5, 5.41) is 13.3. The van der Waals surface area contributed by atoms with Gasteiger partial charge in [-0.25, -0.2) is 9.59 Å². The first-order valence-corrected chi connectivity index (χ1v) is 12.2. The molecule has 1 aliphatic rings. The number of alkyl halides is 3. The van der Waals surface area contributed by atoms with Crippen LogP contribution < -0.4 is 10.6 Å². The van der Waals surface area contributed by atoms with Crippen LogP contribution in [0.5, 0.6) is 0 Å². The molecule has 1 aliphatic carbocycles. The average molecular weight is 511 g/mol. The number of alkyl carbamates (subject to hydrolysis) is 1. The third kappa shape index (κ3) is 6.91. The highest BCUT2D eigenvalue weighted by atomic mass is 32.2. The number of thioether (sulfide) groups is 1. The van der Waals surface area contributed by atoms with Crippen LogP contribution in [0.4, 0.5) is 18.0 Å². The van der Waals surface area contributed by atoms with Crippen LogP contribution in [0, 0.1) is 0 Å². The van der Waals surface area contributed by atoms with Gasteiger partial charge >= 0.3 is 18.2 Å². The molecule has 3 rings (SSSR count). The summed E-state index contributed by atoms with van der Waals surface area (Å²) in [7, 11) is 0. The number of hydrogen-bond acceptors (Lipinski definition) is 5. The summed E-state index contributed by atoms with van der Waals surface area (Å²) in [6.07, 6.45) is -5.90. The van der Waals surface area contributed by atoms with Gasteiger partial charge in [-0.15, -0.1) is 0 Å². The Labute approximate surface area is 204 Å². The summed E-state index contributed by atoms with van der Waals surface area (Å²) in [5.41, 5.74) is 3.81. The highest BCUT2D eigenvalue weighted by Gasteiger charge is 2.38. The summed E-state index contributed by atoms with van der Waals surface area (Å²) in [5.74, 6) is -2.56. The quantitative estimate of drug-likeness (QED) is 0.443. The van der Waals surface area contributed by atoms with Crippen molar-refractivity contribution >= 4 is 29.7 Å². The number of carboxylic acid groups (broad SMARTS) is 1. The maximum atomic E-state index is 13.1. The molecule has 0 fully saturated rings. The molecule has 2 amide bonds. The Kier molecular flexibility index (Phi) is 8.66. The lowest BCUT2D eigenvalue weighted by molar-refractivity contribution is -0.150. The lowest BCUT2D eigenvalue weighted by Crippen LogP contribution is -2.53. The van der Waals surface area contributed by atoms with Gasteiger partial charge in [0, 0.05) is 5.92 Å². The first-order valence-electron chi connectivity index (χ1n) is 10.8. The van der Waals surface area contributed by atoms with Crippen LogP contribution in [-0.2, 0) is 14.3 Å². The van der Waals surface area contributed by atoms with Gasteiger partial charge in [0.2, 0.25) is 5.91 Å². The van der Waals surface area contributed by atoms with E-state index in [1.165, 1.54) is 11.8 Å². The van der Waals surface area contributed by atoms with Crippen molar-refractivity contribution in [1.29, 1.82) is 0 Å². The van der Waals surface area contributed by atoms with E-state index in [0.29, 0.717) is 5.75 Å². The van der Waals surface area contributed by atoms with Crippen LogP contribution in [-0.4, -0.2) is 60.0 Å². The largest absolute Gasteiger partial charge is 0.480 e. The predicted octanol–water partition coefficient (Wildman–Crippen LogP) is 4.17. The zero-order valence-corrected chi connectivity index (χ0v) is 19.6. The van der Waals surface area contributed by atoms with Gasteiger partial charge in [-0.2, -0.15) is 24.9 Å². The van der Waals surface area contributed by atoms with Crippen molar-refractivity contribution in [3.63, 3.8) is 0 Å². The van der Waals surface area contributed by atoms with Crippen molar-refractivity contribution in [2.45, 2.75) is 37.0 Å². The number of aliphatic carboxylic acids is 1. The number of rotatable bonds is 10. The van der Waals surface area contributed by atoms with E-state index in [1.54, 1.807) is 6.26 Å². The molecule has 0 spiro atoms. The molecule has 0 heterocycles. The van der Waals surface area contributed by atoms with Gasteiger partial charge in [0.25, 0.3) is 0 Å². The SMILES string of the molecule is CSCCC(NC(=O)C(CC(F)(F)F)NC(=O)OCC1c2ccccc2-c2ccccc21)C(=O)O. The molecule has 188 valence electrons. The molecule has 0 saturated carbocycles. The molecule has 2 unspecified atom stereocenters. The third-order valence-corrected chi connectivity index (χ3v) is 6.26. The molecule has 7 nitrogen and oxygen atoms in total. The molecule has 0 saturated heterocycles. The molecule has 2 atom stereocenters. The Bertz CT molecular complexity index is 1030. The minimum atomic E-state index is -4.78. The van der Waals surface area contributed by atoms with Crippen molar-refractivity contribution in [1.82, 2.24) is 10.6 Å². The molecule has 0 aromatic heterocycles. The number of carbonyl (C=O) groups is 3. The Balaban J connectivity index is 1.68. The number of benzene rings is 2. The highest BCUT2D eigenvalue weighted by molar-refractivity contribution is 7.98. The first-order chi connectivity index (χ1) is 16.6. The molecular weight excluding hydrogens is 485 g/mol. The van der Waals surface area contributed by atoms with Crippen molar-refractivity contribution < 1.29 is 37.4 Å². The number of amides is 2. The van der Waals surface area contributed by atoms with E-state index >= 15 is 0 Å². The van der Waals surface area contributed by atoms with Crippen molar-refractivity contribution in [3.8, 4) is 11.1 Å². The molecular formula is C24H25F3N2O5S. The Morgan fingerprint density at radius 3 is 2.09 bits per heavy atom. The van der Waals surface area contributed by atoms with Gasteiger partial charge < -0.3 is 20.5 Å². The molecule has 3 N–H and O–H groups in total. The Morgan fingerprint density at radius 2 is 1.57 bits per heavy atom. The highest BCUT2D eigenvalue weighted by Crippen LogP contribution is 2.44. The predicted molar refractivity (Wildman–Crippen MR) is 125 cm³/mol. The summed E-state index contributed by atoms with van der Waals surface area (Å²) in [6, 6.07) is 11.7. The van der Waals surface area contributed by atoms with Gasteiger partial charge in [-0.3, -0.25) is 4.79 Å². The van der Waals surface area contributed by atoms with E-state index in [1.807, 2.05) is 53.8 Å². The zero-order chi connectivity index (χ0) is 25.6. The summed E-state index contributed by atoms with van der Waals surface area (Å²) in [6.45, 7) is -0.147. The average Bonchev–Trinajstić information content (AvgIpc) is 3.12. The summed E-state index contributed by atoms with van der Waals surface area (Å²) in [4.78, 5) is 36.2. The van der Waals surface area contributed by atoms with Crippen LogP contribution in [0.15, 0.2) is 48.5 Å². The second kappa shape index (κ2) is 11.5. The Morgan fingerprint density at radius 1 is 1.00 bits per heavy atom. The van der Waals surface area contributed by atoms with Crippen LogP contribution in [0.25, 0.3) is 11.1 Å². The van der Waals surface area contributed by atoms with E-state index in [4.69, 9.17) is 4.74 Å². The summed E-state index contributed by atoms with van der Waals surface area (Å²) >= 11 is 1.33. The molecule has 0 bridgehead atoms. The van der Waals surface area contributed by atoms with Gasteiger partial charge in [0.1, 0.15) is 18.7 Å². The van der Waals surface area contributed by atoms with Gasteiger partial charge in [0.15, 0.2) is 0 Å². The van der Waals surface area contributed by atoms with E-state index in [-0.39, 0.29) is 18.9 Å².